The number of nitrogens with zero attached hydrogens (tertiary/aromatic N) is 2. The average Bonchev–Trinajstić information content (AvgIpc) is 3.71. The molecule has 1 aromatic heterocycles. The molecule has 1 amide bonds. The minimum Gasteiger partial charge on any atom is -0.491 e. The minimum absolute atomic E-state index is 0.00392. The number of rotatable bonds is 9. The van der Waals surface area contributed by atoms with Gasteiger partial charge in [0.15, 0.2) is 11.4 Å². The molecular weight excluding hydrogens is 500 g/mol. The Labute approximate surface area is 234 Å². The lowest BCUT2D eigenvalue weighted by Gasteiger charge is -2.45. The normalized spacial score (nSPS) is 20.8. The topological polar surface area (TPSA) is 51.7 Å². The molecule has 1 saturated heterocycles. The molecule has 0 radical (unpaired) electrons. The molecule has 3 atom stereocenters. The van der Waals surface area contributed by atoms with Gasteiger partial charge in [-0.05, 0) is 65.6 Å². The maximum atomic E-state index is 14.1. The summed E-state index contributed by atoms with van der Waals surface area (Å²) < 4.78 is 13.3. The van der Waals surface area contributed by atoms with E-state index in [1.54, 1.807) is 0 Å². The lowest BCUT2D eigenvalue weighted by molar-refractivity contribution is 0.0493. The highest BCUT2D eigenvalue weighted by Crippen LogP contribution is 2.48. The van der Waals surface area contributed by atoms with Crippen LogP contribution in [0.1, 0.15) is 63.1 Å². The zero-order valence-corrected chi connectivity index (χ0v) is 25.0. The first-order chi connectivity index (χ1) is 18.7. The Kier molecular flexibility index (Phi) is 7.97. The van der Waals surface area contributed by atoms with Crippen molar-refractivity contribution in [2.75, 3.05) is 19.8 Å². The Bertz CT molecular complexity index is 1240. The molecule has 2 heterocycles. The second-order valence-electron chi connectivity index (χ2n) is 12.2. The summed E-state index contributed by atoms with van der Waals surface area (Å²) in [6.45, 7) is 12.7. The molecular formula is C33H42N2O3Si. The van der Waals surface area contributed by atoms with Gasteiger partial charge in [0, 0.05) is 12.2 Å². The smallest absolute Gasteiger partial charge is 0.276 e. The molecule has 1 aliphatic heterocycles. The average molecular weight is 543 g/mol. The van der Waals surface area contributed by atoms with Crippen LogP contribution >= 0.6 is 0 Å². The molecule has 0 unspecified atom stereocenters. The van der Waals surface area contributed by atoms with Crippen LogP contribution in [0.5, 0.6) is 5.75 Å². The summed E-state index contributed by atoms with van der Waals surface area (Å²) in [7, 11) is -2.70. The summed E-state index contributed by atoms with van der Waals surface area (Å²) in [5.41, 5.74) is 1.25. The number of piperidine rings is 1. The van der Waals surface area contributed by atoms with Crippen molar-refractivity contribution in [3.8, 4) is 5.75 Å². The molecule has 3 aromatic rings. The summed E-state index contributed by atoms with van der Waals surface area (Å²) in [4.78, 5) is 20.8. The first-order valence-electron chi connectivity index (χ1n) is 14.4. The van der Waals surface area contributed by atoms with Crippen LogP contribution in [0.25, 0.3) is 0 Å². The summed E-state index contributed by atoms with van der Waals surface area (Å²) in [5, 5.41) is 2.41. The van der Waals surface area contributed by atoms with Crippen LogP contribution in [0.3, 0.4) is 0 Å². The van der Waals surface area contributed by atoms with Gasteiger partial charge in [0.25, 0.3) is 14.2 Å². The van der Waals surface area contributed by atoms with Crippen LogP contribution in [-0.4, -0.2) is 49.9 Å². The lowest BCUT2D eigenvalue weighted by atomic mass is 10.0. The maximum absolute atomic E-state index is 14.1. The van der Waals surface area contributed by atoms with Gasteiger partial charge in [0.1, 0.15) is 0 Å². The Balaban J connectivity index is 1.49. The molecule has 206 valence electrons. The number of aryl methyl sites for hydroxylation is 1. The van der Waals surface area contributed by atoms with E-state index in [1.165, 1.54) is 16.8 Å². The van der Waals surface area contributed by atoms with Crippen molar-refractivity contribution in [2.24, 2.45) is 11.8 Å². The fourth-order valence-electron chi connectivity index (χ4n) is 6.25. The molecule has 2 aliphatic rings. The molecule has 6 heteroatoms. The number of amides is 1. The number of likely N-dealkylation sites (tertiary alicyclic amines) is 1. The van der Waals surface area contributed by atoms with Gasteiger partial charge < -0.3 is 14.1 Å². The Morgan fingerprint density at radius 3 is 2.18 bits per heavy atom. The van der Waals surface area contributed by atoms with Gasteiger partial charge in [-0.3, -0.25) is 4.79 Å². The Morgan fingerprint density at radius 1 is 0.949 bits per heavy atom. The number of hydrogen-bond donors (Lipinski definition) is 0. The van der Waals surface area contributed by atoms with Crippen molar-refractivity contribution in [3.63, 3.8) is 0 Å². The van der Waals surface area contributed by atoms with Gasteiger partial charge in [-0.15, -0.1) is 0 Å². The van der Waals surface area contributed by atoms with E-state index in [4.69, 9.17) is 9.16 Å². The maximum Gasteiger partial charge on any atom is 0.276 e. The zero-order valence-electron chi connectivity index (χ0n) is 24.0. The second kappa shape index (κ2) is 11.3. The summed E-state index contributed by atoms with van der Waals surface area (Å²) in [6.07, 6.45) is 3.05. The Hall–Kier alpha value is -2.96. The highest BCUT2D eigenvalue weighted by Gasteiger charge is 2.52. The highest BCUT2D eigenvalue weighted by atomic mass is 28.4. The molecule has 0 bridgehead atoms. The van der Waals surface area contributed by atoms with E-state index >= 15 is 0 Å². The molecule has 5 rings (SSSR count). The van der Waals surface area contributed by atoms with Crippen LogP contribution in [0.4, 0.5) is 0 Å². The van der Waals surface area contributed by atoms with Crippen molar-refractivity contribution in [3.05, 3.63) is 84.2 Å². The van der Waals surface area contributed by atoms with Crippen LogP contribution in [0.15, 0.2) is 72.8 Å². The third-order valence-electron chi connectivity index (χ3n) is 8.35. The first-order valence-corrected chi connectivity index (χ1v) is 16.3. The second-order valence-corrected chi connectivity index (χ2v) is 16.5. The number of carbonyl (C=O) groups excluding carboxylic acids is 1. The molecule has 2 fully saturated rings. The molecule has 0 N–H and O–H groups in total. The van der Waals surface area contributed by atoms with Crippen LogP contribution in [0.2, 0.25) is 5.04 Å². The zero-order chi connectivity index (χ0) is 27.6. The first kappa shape index (κ1) is 27.6. The molecule has 1 saturated carbocycles. The van der Waals surface area contributed by atoms with E-state index < -0.39 is 8.32 Å². The molecule has 5 nitrogen and oxygen atoms in total. The number of benzene rings is 2. The number of carbonyl (C=O) groups is 1. The summed E-state index contributed by atoms with van der Waals surface area (Å²) >= 11 is 0. The van der Waals surface area contributed by atoms with Gasteiger partial charge in [-0.25, -0.2) is 4.98 Å². The van der Waals surface area contributed by atoms with Crippen LogP contribution in [0, 0.1) is 18.8 Å². The molecule has 0 spiro atoms. The molecule has 1 aliphatic carbocycles. The third kappa shape index (κ3) is 5.55. The van der Waals surface area contributed by atoms with Crippen molar-refractivity contribution in [1.29, 1.82) is 0 Å². The lowest BCUT2D eigenvalue weighted by Crippen LogP contribution is -2.67. The van der Waals surface area contributed by atoms with Crippen molar-refractivity contribution >= 4 is 24.6 Å². The third-order valence-corrected chi connectivity index (χ3v) is 13.4. The van der Waals surface area contributed by atoms with Gasteiger partial charge in [-0.1, -0.05) is 88.4 Å². The SMILES string of the molecule is CCCOc1ccc(C)nc1C(=O)N1C[C@@H]2C[C@@H]2C[C@H]1CO[Si](c1ccccc1)(c1ccccc1)C(C)(C)C. The van der Waals surface area contributed by atoms with Crippen LogP contribution in [-0.2, 0) is 4.43 Å². The number of hydrogen-bond acceptors (Lipinski definition) is 4. The largest absolute Gasteiger partial charge is 0.491 e. The number of fused-ring (bicyclic) bond motifs is 1. The van der Waals surface area contributed by atoms with E-state index in [0.29, 0.717) is 36.5 Å². The fraction of sp³-hybridized carbons (Fsp3) is 0.455. The fourth-order valence-corrected chi connectivity index (χ4v) is 10.9. The van der Waals surface area contributed by atoms with Crippen LogP contribution < -0.4 is 15.1 Å². The number of ether oxygens (including phenoxy) is 1. The Morgan fingerprint density at radius 2 is 1.59 bits per heavy atom. The highest BCUT2D eigenvalue weighted by molar-refractivity contribution is 6.99. The van der Waals surface area contributed by atoms with E-state index in [2.05, 4.69) is 93.3 Å². The summed E-state index contributed by atoms with van der Waals surface area (Å²) in [6, 6.07) is 25.3. The van der Waals surface area contributed by atoms with Crippen molar-refractivity contribution < 1.29 is 14.0 Å². The monoisotopic (exact) mass is 542 g/mol. The van der Waals surface area contributed by atoms with Gasteiger partial charge in [0.2, 0.25) is 0 Å². The van der Waals surface area contributed by atoms with E-state index in [9.17, 15) is 4.79 Å². The number of aromatic nitrogens is 1. The molecule has 39 heavy (non-hydrogen) atoms. The predicted octanol–water partition coefficient (Wildman–Crippen LogP) is 5.61. The number of pyridine rings is 1. The predicted molar refractivity (Wildman–Crippen MR) is 159 cm³/mol. The molecule has 2 aromatic carbocycles. The van der Waals surface area contributed by atoms with E-state index in [0.717, 1.165) is 25.1 Å². The van der Waals surface area contributed by atoms with Crippen molar-refractivity contribution in [1.82, 2.24) is 9.88 Å². The van der Waals surface area contributed by atoms with Gasteiger partial charge >= 0.3 is 0 Å². The van der Waals surface area contributed by atoms with E-state index in [1.807, 2.05) is 24.0 Å². The summed E-state index contributed by atoms with van der Waals surface area (Å²) in [5.74, 6) is 1.81. The standard InChI is InChI=1S/C33H42N2O3Si/c1-6-19-37-30-18-17-24(2)34-31(30)32(36)35-22-26-20-25(26)21-27(35)23-38-39(33(3,4)5,28-13-9-7-10-14-28)29-15-11-8-12-16-29/h7-18,25-27H,6,19-23H2,1-5H3/t25-,26+,27+/m1/s1. The minimum atomic E-state index is -2.70. The van der Waals surface area contributed by atoms with E-state index in [-0.39, 0.29) is 17.0 Å². The van der Waals surface area contributed by atoms with Gasteiger partial charge in [0.05, 0.1) is 19.3 Å². The van der Waals surface area contributed by atoms with Gasteiger partial charge in [-0.2, -0.15) is 0 Å². The quantitative estimate of drug-likeness (QED) is 0.330. The van der Waals surface area contributed by atoms with Crippen molar-refractivity contribution in [2.45, 2.75) is 65.0 Å².